The SMILES string of the molecule is COC(=O)C1CC(N=CC(=CN)c2cnc3ccc(Br)cc3n2)C1. The van der Waals surface area contributed by atoms with E-state index in [1.807, 2.05) is 18.2 Å². The number of aliphatic imine (C=N–C) groups is 1. The first-order chi connectivity index (χ1) is 11.6. The average molecular weight is 389 g/mol. The Morgan fingerprint density at radius 3 is 2.92 bits per heavy atom. The second-order valence-corrected chi connectivity index (χ2v) is 6.55. The van der Waals surface area contributed by atoms with Crippen LogP contribution in [0.3, 0.4) is 0 Å². The molecule has 7 heteroatoms. The van der Waals surface area contributed by atoms with E-state index in [1.165, 1.54) is 13.3 Å². The molecule has 3 rings (SSSR count). The Morgan fingerprint density at radius 1 is 1.42 bits per heavy atom. The lowest BCUT2D eigenvalue weighted by molar-refractivity contribution is -0.148. The summed E-state index contributed by atoms with van der Waals surface area (Å²) in [6, 6.07) is 5.85. The van der Waals surface area contributed by atoms with Crippen molar-refractivity contribution in [2.24, 2.45) is 16.6 Å². The van der Waals surface area contributed by atoms with Crippen LogP contribution >= 0.6 is 15.9 Å². The summed E-state index contributed by atoms with van der Waals surface area (Å²) in [6.07, 6.45) is 6.26. The van der Waals surface area contributed by atoms with Crippen molar-refractivity contribution in [3.63, 3.8) is 0 Å². The number of aromatic nitrogens is 2. The third-order valence-electron chi connectivity index (χ3n) is 4.05. The van der Waals surface area contributed by atoms with Crippen molar-refractivity contribution in [3.05, 3.63) is 40.8 Å². The number of hydrogen-bond acceptors (Lipinski definition) is 6. The summed E-state index contributed by atoms with van der Waals surface area (Å²) in [5.74, 6) is -0.206. The number of methoxy groups -OCH3 is 1. The van der Waals surface area contributed by atoms with Crippen molar-refractivity contribution >= 4 is 44.7 Å². The van der Waals surface area contributed by atoms with Crippen LogP contribution < -0.4 is 5.73 Å². The van der Waals surface area contributed by atoms with E-state index < -0.39 is 0 Å². The van der Waals surface area contributed by atoms with Crippen LogP contribution in [0.15, 0.2) is 40.1 Å². The first kappa shape index (κ1) is 16.6. The molecule has 1 aliphatic carbocycles. The number of carbonyl (C=O) groups is 1. The summed E-state index contributed by atoms with van der Waals surface area (Å²) in [5, 5.41) is 0. The molecule has 2 aromatic rings. The Hall–Kier alpha value is -2.28. The van der Waals surface area contributed by atoms with Gasteiger partial charge in [-0.05, 0) is 31.0 Å². The summed E-state index contributed by atoms with van der Waals surface area (Å²) in [6.45, 7) is 0. The number of halogens is 1. The van der Waals surface area contributed by atoms with Crippen LogP contribution in [0.5, 0.6) is 0 Å². The zero-order valence-corrected chi connectivity index (χ0v) is 14.7. The van der Waals surface area contributed by atoms with Gasteiger partial charge in [0.25, 0.3) is 0 Å². The smallest absolute Gasteiger partial charge is 0.308 e. The van der Waals surface area contributed by atoms with Gasteiger partial charge in [0.05, 0.1) is 42.0 Å². The Labute approximate surface area is 148 Å². The third kappa shape index (κ3) is 3.46. The van der Waals surface area contributed by atoms with Crippen LogP contribution in [0.1, 0.15) is 18.5 Å². The third-order valence-corrected chi connectivity index (χ3v) is 4.55. The topological polar surface area (TPSA) is 90.5 Å². The van der Waals surface area contributed by atoms with Crippen LogP contribution in [0.2, 0.25) is 0 Å². The Balaban J connectivity index is 1.73. The van der Waals surface area contributed by atoms with Crippen molar-refractivity contribution in [1.29, 1.82) is 0 Å². The maximum Gasteiger partial charge on any atom is 0.308 e. The highest BCUT2D eigenvalue weighted by atomic mass is 79.9. The molecule has 1 saturated carbocycles. The highest BCUT2D eigenvalue weighted by Crippen LogP contribution is 2.31. The Kier molecular flexibility index (Phi) is 4.89. The van der Waals surface area contributed by atoms with Crippen molar-refractivity contribution < 1.29 is 9.53 Å². The van der Waals surface area contributed by atoms with Gasteiger partial charge >= 0.3 is 5.97 Å². The number of hydrogen-bond donors (Lipinski definition) is 1. The van der Waals surface area contributed by atoms with Gasteiger partial charge in [-0.25, -0.2) is 4.98 Å². The Bertz CT molecular complexity index is 828. The van der Waals surface area contributed by atoms with Gasteiger partial charge in [-0.2, -0.15) is 0 Å². The van der Waals surface area contributed by atoms with Crippen molar-refractivity contribution in [2.45, 2.75) is 18.9 Å². The molecule has 0 bridgehead atoms. The lowest BCUT2D eigenvalue weighted by Gasteiger charge is -2.29. The number of esters is 1. The van der Waals surface area contributed by atoms with Crippen molar-refractivity contribution in [1.82, 2.24) is 9.97 Å². The largest absolute Gasteiger partial charge is 0.469 e. The van der Waals surface area contributed by atoms with Gasteiger partial charge < -0.3 is 10.5 Å². The van der Waals surface area contributed by atoms with Gasteiger partial charge in [0.1, 0.15) is 0 Å². The van der Waals surface area contributed by atoms with E-state index in [9.17, 15) is 4.79 Å². The maximum absolute atomic E-state index is 11.4. The van der Waals surface area contributed by atoms with Crippen LogP contribution in [0, 0.1) is 5.92 Å². The zero-order valence-electron chi connectivity index (χ0n) is 13.1. The fourth-order valence-electron chi connectivity index (χ4n) is 2.57. The van der Waals surface area contributed by atoms with Crippen molar-refractivity contribution in [2.75, 3.05) is 7.11 Å². The van der Waals surface area contributed by atoms with Gasteiger partial charge in [0, 0.05) is 22.5 Å². The molecule has 1 fully saturated rings. The molecule has 6 nitrogen and oxygen atoms in total. The van der Waals surface area contributed by atoms with E-state index in [0.717, 1.165) is 15.5 Å². The molecule has 124 valence electrons. The van der Waals surface area contributed by atoms with Crippen LogP contribution in [0.4, 0.5) is 0 Å². The minimum absolute atomic E-state index is 0.0414. The number of fused-ring (bicyclic) bond motifs is 1. The fraction of sp³-hybridized carbons (Fsp3) is 0.294. The summed E-state index contributed by atoms with van der Waals surface area (Å²) >= 11 is 3.43. The molecular formula is C17H17BrN4O2. The number of allylic oxidation sites excluding steroid dienone is 1. The van der Waals surface area contributed by atoms with Crippen LogP contribution in [-0.2, 0) is 9.53 Å². The number of rotatable bonds is 4. The van der Waals surface area contributed by atoms with E-state index in [1.54, 1.807) is 12.4 Å². The summed E-state index contributed by atoms with van der Waals surface area (Å²) in [7, 11) is 1.41. The molecule has 0 aliphatic heterocycles. The minimum atomic E-state index is -0.165. The fourth-order valence-corrected chi connectivity index (χ4v) is 2.92. The zero-order chi connectivity index (χ0) is 17.1. The Morgan fingerprint density at radius 2 is 2.21 bits per heavy atom. The molecule has 0 unspecified atom stereocenters. The van der Waals surface area contributed by atoms with E-state index in [-0.39, 0.29) is 17.9 Å². The number of benzene rings is 1. The highest BCUT2D eigenvalue weighted by Gasteiger charge is 2.34. The van der Waals surface area contributed by atoms with E-state index >= 15 is 0 Å². The predicted octanol–water partition coefficient (Wildman–Crippen LogP) is 2.71. The van der Waals surface area contributed by atoms with Gasteiger partial charge in [-0.1, -0.05) is 15.9 Å². The predicted molar refractivity (Wildman–Crippen MR) is 96.4 cm³/mol. The summed E-state index contributed by atoms with van der Waals surface area (Å²) < 4.78 is 5.67. The normalized spacial score (nSPS) is 21.0. The van der Waals surface area contributed by atoms with Gasteiger partial charge in [0.2, 0.25) is 0 Å². The van der Waals surface area contributed by atoms with Crippen molar-refractivity contribution in [3.8, 4) is 0 Å². The molecule has 1 aromatic carbocycles. The minimum Gasteiger partial charge on any atom is -0.469 e. The van der Waals surface area contributed by atoms with E-state index in [0.29, 0.717) is 24.1 Å². The molecule has 1 aromatic heterocycles. The molecule has 0 atom stereocenters. The molecule has 0 saturated heterocycles. The van der Waals surface area contributed by atoms with Crippen LogP contribution in [-0.4, -0.2) is 35.3 Å². The number of ether oxygens (including phenoxy) is 1. The average Bonchev–Trinajstić information content (AvgIpc) is 2.55. The molecule has 24 heavy (non-hydrogen) atoms. The standard InChI is InChI=1S/C17H17BrN4O2/c1-24-17(23)10-4-13(5-10)20-8-11(7-19)16-9-21-14-3-2-12(18)6-15(14)22-16/h2-3,6-10,13H,4-5,19H2,1H3. The lowest BCUT2D eigenvalue weighted by atomic mass is 9.81. The number of nitrogens with two attached hydrogens (primary N) is 1. The number of carbonyl (C=O) groups excluding carboxylic acids is 1. The second kappa shape index (κ2) is 7.09. The summed E-state index contributed by atoms with van der Waals surface area (Å²) in [4.78, 5) is 24.8. The molecule has 0 radical (unpaired) electrons. The molecule has 1 aliphatic rings. The molecule has 2 N–H and O–H groups in total. The van der Waals surface area contributed by atoms with Crippen LogP contribution in [0.25, 0.3) is 16.6 Å². The lowest BCUT2D eigenvalue weighted by Crippen LogP contribution is -2.34. The maximum atomic E-state index is 11.4. The second-order valence-electron chi connectivity index (χ2n) is 5.63. The molecule has 0 spiro atoms. The molecule has 1 heterocycles. The quantitative estimate of drug-likeness (QED) is 0.642. The van der Waals surface area contributed by atoms with Gasteiger partial charge in [0.15, 0.2) is 0 Å². The monoisotopic (exact) mass is 388 g/mol. The first-order valence-corrected chi connectivity index (χ1v) is 8.35. The molecular weight excluding hydrogens is 372 g/mol. The van der Waals surface area contributed by atoms with Gasteiger partial charge in [-0.3, -0.25) is 14.8 Å². The highest BCUT2D eigenvalue weighted by molar-refractivity contribution is 9.10. The van der Waals surface area contributed by atoms with Gasteiger partial charge in [-0.15, -0.1) is 0 Å². The number of nitrogens with zero attached hydrogens (tertiary/aromatic N) is 3. The first-order valence-electron chi connectivity index (χ1n) is 7.56. The van der Waals surface area contributed by atoms with E-state index in [2.05, 4.69) is 30.9 Å². The van der Waals surface area contributed by atoms with E-state index in [4.69, 9.17) is 10.5 Å². The summed E-state index contributed by atoms with van der Waals surface area (Å²) in [5.41, 5.74) is 8.68. The molecule has 0 amide bonds.